The van der Waals surface area contributed by atoms with Crippen LogP contribution in [0.15, 0.2) is 11.0 Å². The van der Waals surface area contributed by atoms with Crippen molar-refractivity contribution in [1.82, 2.24) is 9.55 Å². The van der Waals surface area contributed by atoms with Gasteiger partial charge in [-0.2, -0.15) is 4.98 Å². The maximum absolute atomic E-state index is 11.8. The topological polar surface area (TPSA) is 127 Å². The van der Waals surface area contributed by atoms with Crippen LogP contribution in [0.4, 0.5) is 0 Å². The molecule has 1 fully saturated rings. The molecule has 114 valence electrons. The molecule has 3 heterocycles. The Morgan fingerprint density at radius 3 is 3.05 bits per heavy atom. The van der Waals surface area contributed by atoms with Crippen LogP contribution in [0, 0.1) is 5.41 Å². The molecule has 9 heteroatoms. The molecule has 0 aromatic carbocycles. The molecule has 2 aliphatic rings. The highest BCUT2D eigenvalue weighted by atomic mass is 16.6. The second-order valence-corrected chi connectivity index (χ2v) is 4.93. The summed E-state index contributed by atoms with van der Waals surface area (Å²) < 4.78 is 17.4. The molecule has 3 N–H and O–H groups in total. The summed E-state index contributed by atoms with van der Waals surface area (Å²) in [6, 6.07) is 0.0563. The van der Waals surface area contributed by atoms with E-state index in [1.807, 2.05) is 0 Å². The predicted octanol–water partition coefficient (Wildman–Crippen LogP) is -1.23. The molecule has 1 saturated heterocycles. The largest absolute Gasteiger partial charge is 0.476 e. The highest BCUT2D eigenvalue weighted by Crippen LogP contribution is 2.38. The summed E-state index contributed by atoms with van der Waals surface area (Å²) in [5.41, 5.74) is -0.268. The van der Waals surface area contributed by atoms with Gasteiger partial charge in [0, 0.05) is 13.1 Å². The van der Waals surface area contributed by atoms with E-state index in [0.717, 1.165) is 0 Å². The summed E-state index contributed by atoms with van der Waals surface area (Å²) in [7, 11) is 0. The molecule has 0 radical (unpaired) electrons. The van der Waals surface area contributed by atoms with Crippen molar-refractivity contribution in [2.45, 2.75) is 38.1 Å². The van der Waals surface area contributed by atoms with Crippen molar-refractivity contribution in [2.24, 2.45) is 0 Å². The van der Waals surface area contributed by atoms with Gasteiger partial charge < -0.3 is 24.4 Å². The smallest absolute Gasteiger partial charge is 0.302 e. The SMILES string of the molecule is CC(=N)OCc1cn2c(nc1=O)O[C@H]1[C@H](O)[C@@H](CO)O[C@H]12. The lowest BCUT2D eigenvalue weighted by Gasteiger charge is -2.14. The van der Waals surface area contributed by atoms with Crippen molar-refractivity contribution in [2.75, 3.05) is 6.61 Å². The molecule has 1 aromatic heterocycles. The van der Waals surface area contributed by atoms with Gasteiger partial charge in [-0.15, -0.1) is 0 Å². The monoisotopic (exact) mass is 297 g/mol. The number of nitrogens with one attached hydrogen (secondary N) is 1. The van der Waals surface area contributed by atoms with Gasteiger partial charge in [-0.3, -0.25) is 14.8 Å². The number of aliphatic hydroxyl groups is 2. The second-order valence-electron chi connectivity index (χ2n) is 4.93. The summed E-state index contributed by atoms with van der Waals surface area (Å²) in [6.45, 7) is 1.05. The van der Waals surface area contributed by atoms with Crippen molar-refractivity contribution in [3.05, 3.63) is 22.1 Å². The van der Waals surface area contributed by atoms with Gasteiger partial charge in [0.15, 0.2) is 18.2 Å². The first-order valence-corrected chi connectivity index (χ1v) is 6.42. The molecule has 0 aliphatic carbocycles. The van der Waals surface area contributed by atoms with Crippen LogP contribution in [0.5, 0.6) is 6.01 Å². The number of hydrogen-bond donors (Lipinski definition) is 3. The van der Waals surface area contributed by atoms with Gasteiger partial charge in [0.1, 0.15) is 18.8 Å². The number of rotatable bonds is 3. The van der Waals surface area contributed by atoms with Gasteiger partial charge in [0.25, 0.3) is 5.56 Å². The lowest BCUT2D eigenvalue weighted by Crippen LogP contribution is -2.34. The van der Waals surface area contributed by atoms with E-state index < -0.39 is 30.1 Å². The average molecular weight is 297 g/mol. The summed E-state index contributed by atoms with van der Waals surface area (Å²) >= 11 is 0. The zero-order valence-corrected chi connectivity index (χ0v) is 11.2. The van der Waals surface area contributed by atoms with Gasteiger partial charge in [0.05, 0.1) is 12.2 Å². The molecule has 0 saturated carbocycles. The lowest BCUT2D eigenvalue weighted by molar-refractivity contribution is -0.0435. The average Bonchev–Trinajstić information content (AvgIpc) is 2.93. The van der Waals surface area contributed by atoms with Gasteiger partial charge in [-0.05, 0) is 0 Å². The molecule has 0 amide bonds. The van der Waals surface area contributed by atoms with Crippen LogP contribution in [0.3, 0.4) is 0 Å². The third-order valence-electron chi connectivity index (χ3n) is 3.44. The van der Waals surface area contributed by atoms with E-state index in [-0.39, 0.29) is 30.7 Å². The first-order valence-electron chi connectivity index (χ1n) is 6.42. The molecular formula is C12H15N3O6. The molecule has 9 nitrogen and oxygen atoms in total. The Morgan fingerprint density at radius 1 is 1.62 bits per heavy atom. The van der Waals surface area contributed by atoms with E-state index in [4.69, 9.17) is 24.7 Å². The Labute approximate surface area is 119 Å². The van der Waals surface area contributed by atoms with E-state index >= 15 is 0 Å². The van der Waals surface area contributed by atoms with Gasteiger partial charge >= 0.3 is 6.01 Å². The van der Waals surface area contributed by atoms with Crippen molar-refractivity contribution in [3.63, 3.8) is 0 Å². The van der Waals surface area contributed by atoms with Gasteiger partial charge in [-0.1, -0.05) is 0 Å². The number of ether oxygens (including phenoxy) is 3. The molecular weight excluding hydrogens is 282 g/mol. The van der Waals surface area contributed by atoms with E-state index in [1.165, 1.54) is 17.7 Å². The Bertz CT molecular complexity index is 630. The minimum absolute atomic E-state index is 0.0121. The normalized spacial score (nSPS) is 29.7. The van der Waals surface area contributed by atoms with Gasteiger partial charge in [-0.25, -0.2) is 0 Å². The third-order valence-corrected chi connectivity index (χ3v) is 3.44. The molecule has 0 unspecified atom stereocenters. The zero-order valence-electron chi connectivity index (χ0n) is 11.2. The second kappa shape index (κ2) is 5.10. The maximum Gasteiger partial charge on any atom is 0.302 e. The highest BCUT2D eigenvalue weighted by molar-refractivity contribution is 5.69. The summed E-state index contributed by atoms with van der Waals surface area (Å²) in [5, 5.41) is 26.3. The fourth-order valence-electron chi connectivity index (χ4n) is 2.39. The Morgan fingerprint density at radius 2 is 2.38 bits per heavy atom. The van der Waals surface area contributed by atoms with Crippen molar-refractivity contribution < 1.29 is 24.4 Å². The molecule has 3 rings (SSSR count). The van der Waals surface area contributed by atoms with Crippen LogP contribution in [-0.2, 0) is 16.1 Å². The quantitative estimate of drug-likeness (QED) is 0.471. The van der Waals surface area contributed by atoms with Crippen LogP contribution in [0.25, 0.3) is 0 Å². The van der Waals surface area contributed by atoms with Crippen LogP contribution in [-0.4, -0.2) is 50.6 Å². The number of aromatic nitrogens is 2. The van der Waals surface area contributed by atoms with E-state index in [1.54, 1.807) is 0 Å². The third kappa shape index (κ3) is 2.28. The Balaban J connectivity index is 1.90. The lowest BCUT2D eigenvalue weighted by atomic mass is 10.1. The van der Waals surface area contributed by atoms with Crippen LogP contribution < -0.4 is 10.3 Å². The molecule has 4 atom stereocenters. The molecule has 0 spiro atoms. The number of fused-ring (bicyclic) bond motifs is 3. The summed E-state index contributed by atoms with van der Waals surface area (Å²) in [4.78, 5) is 15.6. The van der Waals surface area contributed by atoms with Crippen molar-refractivity contribution in [1.29, 1.82) is 5.41 Å². The molecule has 0 bridgehead atoms. The Kier molecular flexibility index (Phi) is 3.40. The number of aliphatic hydroxyl groups excluding tert-OH is 2. The van der Waals surface area contributed by atoms with Gasteiger partial charge in [0.2, 0.25) is 0 Å². The molecule has 1 aromatic rings. The van der Waals surface area contributed by atoms with Crippen LogP contribution in [0.1, 0.15) is 18.7 Å². The van der Waals surface area contributed by atoms with Crippen molar-refractivity contribution in [3.8, 4) is 6.01 Å². The predicted molar refractivity (Wildman–Crippen MR) is 68.1 cm³/mol. The maximum atomic E-state index is 11.8. The zero-order chi connectivity index (χ0) is 15.1. The van der Waals surface area contributed by atoms with E-state index in [2.05, 4.69) is 4.98 Å². The van der Waals surface area contributed by atoms with E-state index in [0.29, 0.717) is 0 Å². The summed E-state index contributed by atoms with van der Waals surface area (Å²) in [5.74, 6) is -0.0121. The molecule has 21 heavy (non-hydrogen) atoms. The van der Waals surface area contributed by atoms with Crippen LogP contribution in [0.2, 0.25) is 0 Å². The fourth-order valence-corrected chi connectivity index (χ4v) is 2.39. The highest BCUT2D eigenvalue weighted by Gasteiger charge is 2.51. The number of hydrogen-bond acceptors (Lipinski definition) is 8. The first-order chi connectivity index (χ1) is 10.0. The summed E-state index contributed by atoms with van der Waals surface area (Å²) in [6.07, 6.45) is -1.63. The van der Waals surface area contributed by atoms with E-state index in [9.17, 15) is 9.90 Å². The van der Waals surface area contributed by atoms with Crippen molar-refractivity contribution >= 4 is 5.90 Å². The first kappa shape index (κ1) is 14.0. The molecule has 2 aliphatic heterocycles. The number of nitrogens with zero attached hydrogens (tertiary/aromatic N) is 2. The Hall–Kier alpha value is -1.97. The fraction of sp³-hybridized carbons (Fsp3) is 0.583. The van der Waals surface area contributed by atoms with Crippen LogP contribution >= 0.6 is 0 Å². The standard InChI is InChI=1S/C12H15N3O6/c1-5(13)19-4-6-2-15-11-9(8(17)7(3-16)20-11)21-12(15)14-10(6)18/h2,7-9,11,13,16-17H,3-4H2,1H3/t7-,8-,9+,11-/m1/s1. The minimum Gasteiger partial charge on any atom is -0.476 e. The minimum atomic E-state index is -1.000.